The van der Waals surface area contributed by atoms with E-state index in [1.165, 1.54) is 0 Å². The Balaban J connectivity index is 2.19. The Bertz CT molecular complexity index is 411. The first-order chi connectivity index (χ1) is 8.22. The van der Waals surface area contributed by atoms with Crippen molar-refractivity contribution in [3.8, 4) is 0 Å². The van der Waals surface area contributed by atoms with Gasteiger partial charge in [0.05, 0.1) is 24.5 Å². The highest BCUT2D eigenvalue weighted by Crippen LogP contribution is 2.24. The molecule has 17 heavy (non-hydrogen) atoms. The van der Waals surface area contributed by atoms with Gasteiger partial charge in [0.1, 0.15) is 0 Å². The number of carbonyl (C=O) groups is 1. The Labute approximate surface area is 101 Å². The lowest BCUT2D eigenvalue weighted by Crippen LogP contribution is -2.10. The fraction of sp³-hybridized carbons (Fsp3) is 0.538. The molecule has 2 heterocycles. The Kier molecular flexibility index (Phi) is 3.74. The van der Waals surface area contributed by atoms with Gasteiger partial charge in [0, 0.05) is 18.2 Å². The zero-order valence-electron chi connectivity index (χ0n) is 10.2. The number of rotatable bonds is 3. The van der Waals surface area contributed by atoms with Crippen molar-refractivity contribution in [2.45, 2.75) is 26.2 Å². The summed E-state index contributed by atoms with van der Waals surface area (Å²) in [5.41, 5.74) is 2.29. The molecule has 0 aromatic carbocycles. The number of aryl methyl sites for hydroxylation is 1. The lowest BCUT2D eigenvalue weighted by molar-refractivity contribution is 0.0525. The third-order valence-corrected chi connectivity index (χ3v) is 2.95. The van der Waals surface area contributed by atoms with Gasteiger partial charge in [0.25, 0.3) is 0 Å². The van der Waals surface area contributed by atoms with E-state index in [-0.39, 0.29) is 5.97 Å². The maximum Gasteiger partial charge on any atom is 0.339 e. The molecule has 0 aliphatic carbocycles. The molecule has 0 saturated carbocycles. The van der Waals surface area contributed by atoms with E-state index in [4.69, 9.17) is 9.47 Å². The van der Waals surface area contributed by atoms with E-state index in [1.807, 2.05) is 13.0 Å². The zero-order valence-corrected chi connectivity index (χ0v) is 10.2. The topological polar surface area (TPSA) is 48.4 Å². The molecule has 1 fully saturated rings. The summed E-state index contributed by atoms with van der Waals surface area (Å²) in [5.74, 6) is 0.0664. The third-order valence-electron chi connectivity index (χ3n) is 2.95. The van der Waals surface area contributed by atoms with Crippen molar-refractivity contribution in [1.82, 2.24) is 4.98 Å². The predicted octanol–water partition coefficient (Wildman–Crippen LogP) is 2.07. The molecule has 1 aromatic heterocycles. The summed E-state index contributed by atoms with van der Waals surface area (Å²) in [5, 5.41) is 0. The first-order valence-corrected chi connectivity index (χ1v) is 5.94. The molecule has 4 nitrogen and oxygen atoms in total. The average molecular weight is 235 g/mol. The molecule has 1 aliphatic rings. The van der Waals surface area contributed by atoms with E-state index in [9.17, 15) is 4.79 Å². The molecule has 92 valence electrons. The summed E-state index contributed by atoms with van der Waals surface area (Å²) < 4.78 is 10.3. The van der Waals surface area contributed by atoms with Crippen LogP contribution in [-0.2, 0) is 9.47 Å². The van der Waals surface area contributed by atoms with E-state index in [2.05, 4.69) is 4.98 Å². The maximum absolute atomic E-state index is 11.6. The number of aromatic nitrogens is 1. The van der Waals surface area contributed by atoms with Crippen LogP contribution in [0.1, 0.15) is 41.0 Å². The minimum Gasteiger partial charge on any atom is -0.462 e. The van der Waals surface area contributed by atoms with Gasteiger partial charge in [-0.2, -0.15) is 0 Å². The summed E-state index contributed by atoms with van der Waals surface area (Å²) in [6.45, 7) is 5.54. The highest BCUT2D eigenvalue weighted by atomic mass is 16.5. The first-order valence-electron chi connectivity index (χ1n) is 5.94. The van der Waals surface area contributed by atoms with Gasteiger partial charge < -0.3 is 9.47 Å². The molecule has 0 radical (unpaired) electrons. The molecule has 1 aromatic rings. The lowest BCUT2D eigenvalue weighted by atomic mass is 10.0. The molecule has 1 aliphatic heterocycles. The van der Waals surface area contributed by atoms with Crippen LogP contribution in [0.3, 0.4) is 0 Å². The minimum atomic E-state index is -0.299. The predicted molar refractivity (Wildman–Crippen MR) is 63.1 cm³/mol. The Hall–Kier alpha value is -1.42. The molecule has 1 atom stereocenters. The van der Waals surface area contributed by atoms with Crippen LogP contribution >= 0.6 is 0 Å². The van der Waals surface area contributed by atoms with Crippen LogP contribution in [-0.4, -0.2) is 30.8 Å². The minimum absolute atomic E-state index is 0.299. The van der Waals surface area contributed by atoms with Crippen LogP contribution in [0.15, 0.2) is 12.1 Å². The summed E-state index contributed by atoms with van der Waals surface area (Å²) in [6.07, 6.45) is 1.01. The molecule has 0 N–H and O–H groups in total. The number of ether oxygens (including phenoxy) is 2. The molecule has 1 unspecified atom stereocenters. The van der Waals surface area contributed by atoms with Gasteiger partial charge in [-0.05, 0) is 32.4 Å². The quantitative estimate of drug-likeness (QED) is 0.752. The highest BCUT2D eigenvalue weighted by Gasteiger charge is 2.20. The van der Waals surface area contributed by atoms with Crippen molar-refractivity contribution in [2.75, 3.05) is 19.8 Å². The molecule has 1 saturated heterocycles. The van der Waals surface area contributed by atoms with Crippen LogP contribution in [0, 0.1) is 6.92 Å². The van der Waals surface area contributed by atoms with Crippen molar-refractivity contribution in [3.05, 3.63) is 29.1 Å². The number of carbonyl (C=O) groups excluding carboxylic acids is 1. The van der Waals surface area contributed by atoms with Gasteiger partial charge in [-0.15, -0.1) is 0 Å². The van der Waals surface area contributed by atoms with Crippen molar-refractivity contribution in [2.24, 2.45) is 0 Å². The van der Waals surface area contributed by atoms with E-state index in [0.717, 1.165) is 31.0 Å². The Morgan fingerprint density at radius 3 is 3.00 bits per heavy atom. The van der Waals surface area contributed by atoms with Gasteiger partial charge in [0.2, 0.25) is 0 Å². The van der Waals surface area contributed by atoms with Crippen LogP contribution in [0.2, 0.25) is 0 Å². The highest BCUT2D eigenvalue weighted by molar-refractivity contribution is 5.90. The number of esters is 1. The van der Waals surface area contributed by atoms with Crippen molar-refractivity contribution < 1.29 is 14.3 Å². The summed E-state index contributed by atoms with van der Waals surface area (Å²) in [4.78, 5) is 16.1. The van der Waals surface area contributed by atoms with Crippen LogP contribution in [0.5, 0.6) is 0 Å². The Morgan fingerprint density at radius 2 is 2.41 bits per heavy atom. The van der Waals surface area contributed by atoms with Gasteiger partial charge in [-0.3, -0.25) is 4.98 Å². The number of nitrogens with zero attached hydrogens (tertiary/aromatic N) is 1. The first kappa shape index (κ1) is 12.0. The second-order valence-corrected chi connectivity index (χ2v) is 4.15. The van der Waals surface area contributed by atoms with E-state index in [1.54, 1.807) is 13.0 Å². The SMILES string of the molecule is CCOC(=O)c1ccc(C2CCOC2)nc1C. The van der Waals surface area contributed by atoms with Crippen molar-refractivity contribution >= 4 is 5.97 Å². The number of pyridine rings is 1. The standard InChI is InChI=1S/C13H17NO3/c1-3-17-13(15)11-4-5-12(14-9(11)2)10-6-7-16-8-10/h4-5,10H,3,6-8H2,1-2H3. The van der Waals surface area contributed by atoms with Gasteiger partial charge in [-0.25, -0.2) is 4.79 Å². The largest absolute Gasteiger partial charge is 0.462 e. The second-order valence-electron chi connectivity index (χ2n) is 4.15. The molecular weight excluding hydrogens is 218 g/mol. The fourth-order valence-electron chi connectivity index (χ4n) is 2.00. The normalized spacial score (nSPS) is 19.3. The van der Waals surface area contributed by atoms with Crippen molar-refractivity contribution in [3.63, 3.8) is 0 Å². The van der Waals surface area contributed by atoms with Crippen molar-refractivity contribution in [1.29, 1.82) is 0 Å². The average Bonchev–Trinajstić information content (AvgIpc) is 2.82. The fourth-order valence-corrected chi connectivity index (χ4v) is 2.00. The maximum atomic E-state index is 11.6. The van der Waals surface area contributed by atoms with E-state index in [0.29, 0.717) is 18.1 Å². The van der Waals surface area contributed by atoms with E-state index >= 15 is 0 Å². The number of hydrogen-bond acceptors (Lipinski definition) is 4. The Morgan fingerprint density at radius 1 is 1.59 bits per heavy atom. The van der Waals surface area contributed by atoms with Gasteiger partial charge in [-0.1, -0.05) is 0 Å². The number of hydrogen-bond donors (Lipinski definition) is 0. The smallest absolute Gasteiger partial charge is 0.339 e. The lowest BCUT2D eigenvalue weighted by Gasteiger charge is -2.10. The second kappa shape index (κ2) is 5.27. The summed E-state index contributed by atoms with van der Waals surface area (Å²) in [7, 11) is 0. The molecule has 0 bridgehead atoms. The molecule has 2 rings (SSSR count). The summed E-state index contributed by atoms with van der Waals surface area (Å²) >= 11 is 0. The third kappa shape index (κ3) is 2.64. The van der Waals surface area contributed by atoms with Crippen LogP contribution in [0.4, 0.5) is 0 Å². The summed E-state index contributed by atoms with van der Waals surface area (Å²) in [6, 6.07) is 3.70. The van der Waals surface area contributed by atoms with E-state index < -0.39 is 0 Å². The van der Waals surface area contributed by atoms with Gasteiger partial charge >= 0.3 is 5.97 Å². The molecule has 0 amide bonds. The van der Waals surface area contributed by atoms with Gasteiger partial charge in [0.15, 0.2) is 0 Å². The zero-order chi connectivity index (χ0) is 12.3. The molecule has 0 spiro atoms. The molecular formula is C13H17NO3. The van der Waals surface area contributed by atoms with Crippen LogP contribution in [0.25, 0.3) is 0 Å². The monoisotopic (exact) mass is 235 g/mol. The van der Waals surface area contributed by atoms with Crippen LogP contribution < -0.4 is 0 Å². The molecule has 4 heteroatoms.